The van der Waals surface area contributed by atoms with Crippen LogP contribution in [0.15, 0.2) is 24.4 Å². The number of rotatable bonds is 4. The number of aryl methyl sites for hydroxylation is 1. The number of cyclic esters (lactones) is 1. The zero-order valence-corrected chi connectivity index (χ0v) is 15.8. The maximum Gasteiger partial charge on any atom is 0.414 e. The van der Waals surface area contributed by atoms with Gasteiger partial charge in [-0.3, -0.25) is 9.11 Å². The maximum absolute atomic E-state index is 14.7. The van der Waals surface area contributed by atoms with Gasteiger partial charge in [0.2, 0.25) is 0 Å². The van der Waals surface area contributed by atoms with E-state index in [4.69, 9.17) is 4.74 Å². The van der Waals surface area contributed by atoms with Crippen molar-refractivity contribution in [1.29, 1.82) is 0 Å². The number of carbonyl (C=O) groups is 1. The van der Waals surface area contributed by atoms with Gasteiger partial charge in [-0.1, -0.05) is 11.3 Å². The zero-order valence-electron chi connectivity index (χ0n) is 15.0. The van der Waals surface area contributed by atoms with E-state index in [1.165, 1.54) is 11.0 Å². The SMILES string of the molecule is Cc1cn(C[C@H]2CN(c3ccc(C4CCS(=O)CC4)c(F)c3)C(=O)O2)nn1. The number of aromatic nitrogens is 3. The Hall–Kier alpha value is -2.29. The van der Waals surface area contributed by atoms with Gasteiger partial charge in [0.05, 0.1) is 24.5 Å². The first kappa shape index (κ1) is 18.1. The van der Waals surface area contributed by atoms with E-state index in [1.807, 2.05) is 6.92 Å². The quantitative estimate of drug-likeness (QED) is 0.798. The summed E-state index contributed by atoms with van der Waals surface area (Å²) in [5.41, 5.74) is 1.91. The van der Waals surface area contributed by atoms with Gasteiger partial charge in [-0.2, -0.15) is 0 Å². The first-order valence-corrected chi connectivity index (χ1v) is 10.5. The molecular formula is C18H21FN4O3S. The molecule has 2 aliphatic heterocycles. The molecule has 0 spiro atoms. The summed E-state index contributed by atoms with van der Waals surface area (Å²) in [7, 11) is -0.775. The Balaban J connectivity index is 1.46. The molecule has 2 aliphatic rings. The van der Waals surface area contributed by atoms with Crippen molar-refractivity contribution in [3.05, 3.63) is 41.5 Å². The predicted octanol–water partition coefficient (Wildman–Crippen LogP) is 2.38. The van der Waals surface area contributed by atoms with Crippen LogP contribution in [0.3, 0.4) is 0 Å². The van der Waals surface area contributed by atoms with E-state index in [-0.39, 0.29) is 17.8 Å². The molecule has 0 N–H and O–H groups in total. The van der Waals surface area contributed by atoms with Gasteiger partial charge in [-0.15, -0.1) is 5.10 Å². The Morgan fingerprint density at radius 1 is 1.33 bits per heavy atom. The fraction of sp³-hybridized carbons (Fsp3) is 0.500. The molecule has 2 fully saturated rings. The molecule has 0 bridgehead atoms. The monoisotopic (exact) mass is 392 g/mol. The van der Waals surface area contributed by atoms with Crippen molar-refractivity contribution in [2.24, 2.45) is 0 Å². The van der Waals surface area contributed by atoms with Crippen molar-refractivity contribution in [3.8, 4) is 0 Å². The Bertz CT molecular complexity index is 877. The Morgan fingerprint density at radius 3 is 2.78 bits per heavy atom. The van der Waals surface area contributed by atoms with Crippen LogP contribution in [0.4, 0.5) is 14.9 Å². The van der Waals surface area contributed by atoms with Crippen molar-refractivity contribution >= 4 is 22.6 Å². The molecule has 4 rings (SSSR count). The summed E-state index contributed by atoms with van der Waals surface area (Å²) >= 11 is 0. The summed E-state index contributed by atoms with van der Waals surface area (Å²) in [6.07, 6.45) is 2.39. The highest BCUT2D eigenvalue weighted by Crippen LogP contribution is 2.32. The van der Waals surface area contributed by atoms with E-state index in [2.05, 4.69) is 10.3 Å². The maximum atomic E-state index is 14.7. The second-order valence-electron chi connectivity index (χ2n) is 7.03. The van der Waals surface area contributed by atoms with E-state index in [0.717, 1.165) is 18.5 Å². The van der Waals surface area contributed by atoms with E-state index >= 15 is 0 Å². The molecule has 1 aromatic heterocycles. The summed E-state index contributed by atoms with van der Waals surface area (Å²) in [5, 5.41) is 7.88. The van der Waals surface area contributed by atoms with E-state index in [1.54, 1.807) is 23.0 Å². The number of hydrogen-bond acceptors (Lipinski definition) is 5. The molecule has 1 aromatic carbocycles. The first-order valence-electron chi connectivity index (χ1n) is 8.99. The highest BCUT2D eigenvalue weighted by molar-refractivity contribution is 7.85. The molecule has 0 unspecified atom stereocenters. The van der Waals surface area contributed by atoms with Gasteiger partial charge in [0.1, 0.15) is 11.9 Å². The summed E-state index contributed by atoms with van der Waals surface area (Å²) in [6.45, 7) is 2.58. The third-order valence-corrected chi connectivity index (χ3v) is 6.42. The van der Waals surface area contributed by atoms with Crippen molar-refractivity contribution in [1.82, 2.24) is 15.0 Å². The van der Waals surface area contributed by atoms with Crippen molar-refractivity contribution < 1.29 is 18.1 Å². The van der Waals surface area contributed by atoms with Crippen LogP contribution in [0.1, 0.15) is 30.0 Å². The summed E-state index contributed by atoms with van der Waals surface area (Å²) < 4.78 is 33.2. The number of anilines is 1. The average Bonchev–Trinajstić information content (AvgIpc) is 3.21. The summed E-state index contributed by atoms with van der Waals surface area (Å²) in [5.74, 6) is 1.00. The van der Waals surface area contributed by atoms with E-state index in [0.29, 0.717) is 35.8 Å². The molecule has 27 heavy (non-hydrogen) atoms. The third kappa shape index (κ3) is 3.87. The Morgan fingerprint density at radius 2 is 2.11 bits per heavy atom. The van der Waals surface area contributed by atoms with E-state index in [9.17, 15) is 13.4 Å². The van der Waals surface area contributed by atoms with Crippen molar-refractivity contribution in [3.63, 3.8) is 0 Å². The van der Waals surface area contributed by atoms with Crippen LogP contribution in [-0.4, -0.2) is 49.5 Å². The lowest BCUT2D eigenvalue weighted by molar-refractivity contribution is 0.129. The van der Waals surface area contributed by atoms with Gasteiger partial charge in [-0.25, -0.2) is 13.9 Å². The lowest BCUT2D eigenvalue weighted by atomic mass is 9.93. The molecule has 1 amide bonds. The van der Waals surface area contributed by atoms with Gasteiger partial charge < -0.3 is 4.74 Å². The van der Waals surface area contributed by atoms with Gasteiger partial charge in [0.15, 0.2) is 0 Å². The highest BCUT2D eigenvalue weighted by atomic mass is 32.2. The zero-order chi connectivity index (χ0) is 19.0. The van der Waals surface area contributed by atoms with E-state index < -0.39 is 16.9 Å². The minimum absolute atomic E-state index is 0.0885. The average molecular weight is 392 g/mol. The molecule has 9 heteroatoms. The number of nitrogens with zero attached hydrogens (tertiary/aromatic N) is 4. The molecule has 0 aliphatic carbocycles. The standard InChI is InChI=1S/C18H21FN4O3S/c1-12-9-22(21-20-12)10-15-11-23(18(24)26-15)14-2-3-16(17(19)8-14)13-4-6-27(25)7-5-13/h2-3,8-9,13,15H,4-7,10-11H2,1H3/t13?,15-,27?/m0/s1. The molecule has 0 saturated carbocycles. The third-order valence-electron chi connectivity index (χ3n) is 5.04. The Kier molecular flexibility index (Phi) is 4.94. The molecule has 0 radical (unpaired) electrons. The Labute approximate surface area is 158 Å². The van der Waals surface area contributed by atoms with Crippen LogP contribution in [0.5, 0.6) is 0 Å². The fourth-order valence-electron chi connectivity index (χ4n) is 3.64. The molecular weight excluding hydrogens is 371 g/mol. The minimum Gasteiger partial charge on any atom is -0.442 e. The van der Waals surface area contributed by atoms with Crippen LogP contribution in [0, 0.1) is 12.7 Å². The smallest absolute Gasteiger partial charge is 0.414 e. The largest absolute Gasteiger partial charge is 0.442 e. The number of benzene rings is 1. The van der Waals surface area contributed by atoms with Gasteiger partial charge in [0, 0.05) is 28.5 Å². The first-order chi connectivity index (χ1) is 13.0. The van der Waals surface area contributed by atoms with Crippen LogP contribution in [0.2, 0.25) is 0 Å². The van der Waals surface area contributed by atoms with Crippen LogP contribution in [0.25, 0.3) is 0 Å². The molecule has 2 saturated heterocycles. The molecule has 3 heterocycles. The molecule has 2 aromatic rings. The van der Waals surface area contributed by atoms with Crippen LogP contribution >= 0.6 is 0 Å². The summed E-state index contributed by atoms with van der Waals surface area (Å²) in [4.78, 5) is 13.7. The van der Waals surface area contributed by atoms with Crippen LogP contribution in [-0.2, 0) is 22.1 Å². The van der Waals surface area contributed by atoms with Crippen molar-refractivity contribution in [2.75, 3.05) is 23.0 Å². The molecule has 144 valence electrons. The number of halogens is 1. The lowest BCUT2D eigenvalue weighted by Gasteiger charge is -2.23. The van der Waals surface area contributed by atoms with Crippen LogP contribution < -0.4 is 4.90 Å². The predicted molar refractivity (Wildman–Crippen MR) is 98.6 cm³/mol. The second-order valence-corrected chi connectivity index (χ2v) is 8.72. The van der Waals surface area contributed by atoms with Gasteiger partial charge >= 0.3 is 6.09 Å². The fourth-order valence-corrected chi connectivity index (χ4v) is 4.94. The second kappa shape index (κ2) is 7.38. The number of ether oxygens (including phenoxy) is 1. The lowest BCUT2D eigenvalue weighted by Crippen LogP contribution is -2.26. The number of hydrogen-bond donors (Lipinski definition) is 0. The van der Waals surface area contributed by atoms with Crippen molar-refractivity contribution in [2.45, 2.75) is 38.3 Å². The summed E-state index contributed by atoms with van der Waals surface area (Å²) in [6, 6.07) is 4.89. The number of amides is 1. The van der Waals surface area contributed by atoms with Gasteiger partial charge in [0.25, 0.3) is 0 Å². The normalized spacial score (nSPS) is 25.6. The highest BCUT2D eigenvalue weighted by Gasteiger charge is 2.33. The number of carbonyl (C=O) groups excluding carboxylic acids is 1. The minimum atomic E-state index is -0.775. The van der Waals surface area contributed by atoms with Gasteiger partial charge in [-0.05, 0) is 43.4 Å². The molecule has 1 atom stereocenters. The molecule has 7 nitrogen and oxygen atoms in total. The topological polar surface area (TPSA) is 77.3 Å².